The Bertz CT molecular complexity index is 391. The number of aromatic nitrogens is 2. The molecule has 0 aliphatic rings. The van der Waals surface area contributed by atoms with Gasteiger partial charge in [0.1, 0.15) is 6.54 Å². The standard InChI is InChI=1S/C11H17F3N4O/c1-8(5-18-4-3-15-7-18)17-9(2)10(19)16-6-11(12,13)14/h3-4,7-9,17H,5-6H2,1-2H3,(H,16,19). The van der Waals surface area contributed by atoms with Crippen molar-refractivity contribution < 1.29 is 18.0 Å². The molecule has 0 saturated carbocycles. The Kier molecular flexibility index (Phi) is 5.34. The van der Waals surface area contributed by atoms with Gasteiger partial charge < -0.3 is 15.2 Å². The Labute approximate surface area is 109 Å². The second-order valence-corrected chi connectivity index (χ2v) is 4.38. The van der Waals surface area contributed by atoms with Crippen LogP contribution in [0.1, 0.15) is 13.8 Å². The fraction of sp³-hybridized carbons (Fsp3) is 0.636. The molecule has 0 aliphatic carbocycles. The first kappa shape index (κ1) is 15.5. The number of rotatable bonds is 6. The van der Waals surface area contributed by atoms with Crippen LogP contribution in [-0.4, -0.2) is 40.3 Å². The van der Waals surface area contributed by atoms with Gasteiger partial charge in [-0.1, -0.05) is 0 Å². The Hall–Kier alpha value is -1.57. The van der Waals surface area contributed by atoms with Crippen LogP contribution in [0.3, 0.4) is 0 Å². The van der Waals surface area contributed by atoms with E-state index >= 15 is 0 Å². The van der Waals surface area contributed by atoms with Crippen molar-refractivity contribution in [3.63, 3.8) is 0 Å². The number of nitrogens with one attached hydrogen (secondary N) is 2. The third-order valence-electron chi connectivity index (χ3n) is 2.43. The van der Waals surface area contributed by atoms with E-state index in [1.165, 1.54) is 6.92 Å². The lowest BCUT2D eigenvalue weighted by atomic mass is 10.2. The van der Waals surface area contributed by atoms with Crippen LogP contribution in [0.2, 0.25) is 0 Å². The molecule has 8 heteroatoms. The van der Waals surface area contributed by atoms with Crippen molar-refractivity contribution in [3.05, 3.63) is 18.7 Å². The van der Waals surface area contributed by atoms with Crippen LogP contribution in [-0.2, 0) is 11.3 Å². The molecule has 2 atom stereocenters. The number of hydrogen-bond donors (Lipinski definition) is 2. The summed E-state index contributed by atoms with van der Waals surface area (Å²) in [5.74, 6) is -0.671. The average molecular weight is 278 g/mol. The molecule has 2 N–H and O–H groups in total. The first-order valence-corrected chi connectivity index (χ1v) is 5.84. The zero-order valence-corrected chi connectivity index (χ0v) is 10.7. The molecule has 1 aromatic heterocycles. The van der Waals surface area contributed by atoms with Gasteiger partial charge in [-0.15, -0.1) is 0 Å². The van der Waals surface area contributed by atoms with Crippen molar-refractivity contribution in [1.29, 1.82) is 0 Å². The molecule has 0 fully saturated rings. The second-order valence-electron chi connectivity index (χ2n) is 4.38. The summed E-state index contributed by atoms with van der Waals surface area (Å²) in [5.41, 5.74) is 0. The minimum atomic E-state index is -4.39. The molecule has 1 aromatic rings. The lowest BCUT2D eigenvalue weighted by Crippen LogP contribution is -2.48. The number of carbonyl (C=O) groups is 1. The monoisotopic (exact) mass is 278 g/mol. The van der Waals surface area contributed by atoms with Gasteiger partial charge in [-0.25, -0.2) is 4.98 Å². The average Bonchev–Trinajstić information content (AvgIpc) is 2.77. The van der Waals surface area contributed by atoms with Gasteiger partial charge in [0.25, 0.3) is 0 Å². The predicted molar refractivity (Wildman–Crippen MR) is 63.4 cm³/mol. The summed E-state index contributed by atoms with van der Waals surface area (Å²) < 4.78 is 37.7. The van der Waals surface area contributed by atoms with E-state index in [1.54, 1.807) is 18.7 Å². The van der Waals surface area contributed by atoms with E-state index in [-0.39, 0.29) is 6.04 Å². The minimum Gasteiger partial charge on any atom is -0.346 e. The lowest BCUT2D eigenvalue weighted by molar-refractivity contribution is -0.139. The summed E-state index contributed by atoms with van der Waals surface area (Å²) in [4.78, 5) is 15.3. The summed E-state index contributed by atoms with van der Waals surface area (Å²) in [6.07, 6.45) is 0.642. The van der Waals surface area contributed by atoms with Crippen LogP contribution in [0.4, 0.5) is 13.2 Å². The summed E-state index contributed by atoms with van der Waals surface area (Å²) in [6.45, 7) is 2.63. The first-order chi connectivity index (χ1) is 8.78. The van der Waals surface area contributed by atoms with Crippen LogP contribution in [0.5, 0.6) is 0 Å². The molecule has 19 heavy (non-hydrogen) atoms. The SMILES string of the molecule is CC(Cn1ccnc1)NC(C)C(=O)NCC(F)(F)F. The molecule has 0 aliphatic heterocycles. The molecule has 0 aromatic carbocycles. The number of alkyl halides is 3. The van der Waals surface area contributed by atoms with Crippen LogP contribution < -0.4 is 10.6 Å². The predicted octanol–water partition coefficient (Wildman–Crippen LogP) is 0.928. The topological polar surface area (TPSA) is 59.0 Å². The van der Waals surface area contributed by atoms with Gasteiger partial charge in [-0.2, -0.15) is 13.2 Å². The molecular weight excluding hydrogens is 261 g/mol. The molecule has 1 rings (SSSR count). The highest BCUT2D eigenvalue weighted by Gasteiger charge is 2.28. The van der Waals surface area contributed by atoms with E-state index in [2.05, 4.69) is 10.3 Å². The lowest BCUT2D eigenvalue weighted by Gasteiger charge is -2.20. The van der Waals surface area contributed by atoms with Gasteiger partial charge in [0.2, 0.25) is 5.91 Å². The van der Waals surface area contributed by atoms with Crippen molar-refractivity contribution >= 4 is 5.91 Å². The zero-order valence-electron chi connectivity index (χ0n) is 10.7. The molecule has 0 spiro atoms. The maximum Gasteiger partial charge on any atom is 0.405 e. The molecule has 0 saturated heterocycles. The number of amides is 1. The highest BCUT2D eigenvalue weighted by atomic mass is 19.4. The fourth-order valence-corrected chi connectivity index (χ4v) is 1.61. The number of hydrogen-bond acceptors (Lipinski definition) is 3. The van der Waals surface area contributed by atoms with Gasteiger partial charge in [0.05, 0.1) is 12.4 Å². The number of halogens is 3. The third kappa shape index (κ3) is 6.23. The zero-order chi connectivity index (χ0) is 14.5. The molecule has 108 valence electrons. The van der Waals surface area contributed by atoms with Crippen molar-refractivity contribution in [3.8, 4) is 0 Å². The maximum absolute atomic E-state index is 11.9. The highest BCUT2D eigenvalue weighted by Crippen LogP contribution is 2.12. The second kappa shape index (κ2) is 6.55. The summed E-state index contributed by atoms with van der Waals surface area (Å²) in [5, 5.41) is 4.77. The van der Waals surface area contributed by atoms with E-state index in [0.717, 1.165) is 0 Å². The molecule has 0 radical (unpaired) electrons. The van der Waals surface area contributed by atoms with E-state index in [1.807, 2.05) is 16.8 Å². The number of nitrogens with zero attached hydrogens (tertiary/aromatic N) is 2. The Morgan fingerprint density at radius 1 is 1.42 bits per heavy atom. The van der Waals surface area contributed by atoms with E-state index < -0.39 is 24.7 Å². The van der Waals surface area contributed by atoms with Crippen molar-refractivity contribution in [2.24, 2.45) is 0 Å². The van der Waals surface area contributed by atoms with E-state index in [9.17, 15) is 18.0 Å². The van der Waals surface area contributed by atoms with Crippen molar-refractivity contribution in [2.75, 3.05) is 6.54 Å². The van der Waals surface area contributed by atoms with Crippen LogP contribution in [0.15, 0.2) is 18.7 Å². The summed E-state index contributed by atoms with van der Waals surface area (Å²) in [7, 11) is 0. The molecule has 5 nitrogen and oxygen atoms in total. The third-order valence-corrected chi connectivity index (χ3v) is 2.43. The van der Waals surface area contributed by atoms with Gasteiger partial charge in [0.15, 0.2) is 0 Å². The fourth-order valence-electron chi connectivity index (χ4n) is 1.61. The van der Waals surface area contributed by atoms with Crippen molar-refractivity contribution in [1.82, 2.24) is 20.2 Å². The molecular formula is C11H17F3N4O. The van der Waals surface area contributed by atoms with Crippen LogP contribution >= 0.6 is 0 Å². The summed E-state index contributed by atoms with van der Waals surface area (Å²) in [6, 6.07) is -0.762. The highest BCUT2D eigenvalue weighted by molar-refractivity contribution is 5.81. The van der Waals surface area contributed by atoms with Crippen molar-refractivity contribution in [2.45, 2.75) is 38.7 Å². The quantitative estimate of drug-likeness (QED) is 0.814. The van der Waals surface area contributed by atoms with Gasteiger partial charge in [-0.3, -0.25) is 4.79 Å². The molecule has 0 bridgehead atoms. The van der Waals surface area contributed by atoms with Gasteiger partial charge in [-0.05, 0) is 13.8 Å². The van der Waals surface area contributed by atoms with Gasteiger partial charge >= 0.3 is 6.18 Å². The van der Waals surface area contributed by atoms with E-state index in [4.69, 9.17) is 0 Å². The van der Waals surface area contributed by atoms with Crippen LogP contribution in [0, 0.1) is 0 Å². The van der Waals surface area contributed by atoms with Gasteiger partial charge in [0, 0.05) is 25.0 Å². The molecule has 2 unspecified atom stereocenters. The first-order valence-electron chi connectivity index (χ1n) is 5.84. The smallest absolute Gasteiger partial charge is 0.346 e. The maximum atomic E-state index is 11.9. The Morgan fingerprint density at radius 2 is 2.11 bits per heavy atom. The van der Waals surface area contributed by atoms with Crippen LogP contribution in [0.25, 0.3) is 0 Å². The molecule has 1 heterocycles. The minimum absolute atomic E-state index is 0.0687. The number of carbonyl (C=O) groups excluding carboxylic acids is 1. The summed E-state index contributed by atoms with van der Waals surface area (Å²) >= 11 is 0. The largest absolute Gasteiger partial charge is 0.405 e. The molecule has 1 amide bonds. The van der Waals surface area contributed by atoms with E-state index in [0.29, 0.717) is 6.54 Å². The number of imidazole rings is 1. The normalized spacial score (nSPS) is 15.0. The Balaban J connectivity index is 2.33. The Morgan fingerprint density at radius 3 is 2.63 bits per heavy atom.